The van der Waals surface area contributed by atoms with Gasteiger partial charge in [-0.1, -0.05) is 62.6 Å². The van der Waals surface area contributed by atoms with Gasteiger partial charge in [0, 0.05) is 45.2 Å². The first-order chi connectivity index (χ1) is 21.2. The fourth-order valence-corrected chi connectivity index (χ4v) is 7.74. The summed E-state index contributed by atoms with van der Waals surface area (Å²) in [5.41, 5.74) is -0.0150. The van der Waals surface area contributed by atoms with E-state index in [1.54, 1.807) is 17.9 Å². The molecule has 254 valence electrons. The highest BCUT2D eigenvalue weighted by atomic mass is 35.5. The predicted octanol–water partition coefficient (Wildman–Crippen LogP) is 7.30. The molecule has 1 aliphatic carbocycles. The van der Waals surface area contributed by atoms with E-state index in [0.717, 1.165) is 50.1 Å². The van der Waals surface area contributed by atoms with Gasteiger partial charge in [-0.05, 0) is 76.1 Å². The van der Waals surface area contributed by atoms with E-state index in [0.29, 0.717) is 30.6 Å². The van der Waals surface area contributed by atoms with Crippen LogP contribution in [0.3, 0.4) is 0 Å². The van der Waals surface area contributed by atoms with E-state index in [9.17, 15) is 14.4 Å². The summed E-state index contributed by atoms with van der Waals surface area (Å²) in [6, 6.07) is 7.81. The van der Waals surface area contributed by atoms with Crippen molar-refractivity contribution < 1.29 is 28.6 Å². The van der Waals surface area contributed by atoms with E-state index in [4.69, 9.17) is 25.8 Å². The van der Waals surface area contributed by atoms with E-state index in [1.807, 2.05) is 44.0 Å². The fraction of sp³-hybridized carbons (Fsp3) is 0.735. The Labute approximate surface area is 276 Å². The lowest BCUT2D eigenvalue weighted by Gasteiger charge is -2.44. The standard InChI is InChI=1S/C34H56ClN3O6Si/c1-8-42-30(39)24-44-34(3,27-16-12-18-29(35)22-27)28-17-13-19-38(23-28)32(40)36-25(2)31(26-14-10-9-11-15-26)37(4)33(41)43-20-21-45(5,6)7/h12,16,18,22,25-26,28,31H,8-11,13-15,17,19-21,23-24H2,1-7H3,(H,36,40)/t25?,28-,31?,34+/m1/s1. The van der Waals surface area contributed by atoms with Crippen molar-refractivity contribution >= 4 is 37.8 Å². The minimum Gasteiger partial charge on any atom is -0.464 e. The van der Waals surface area contributed by atoms with Crippen LogP contribution >= 0.6 is 11.6 Å². The average Bonchev–Trinajstić information content (AvgIpc) is 3.00. The molecule has 3 amide bonds. The number of rotatable bonds is 13. The smallest absolute Gasteiger partial charge is 0.409 e. The zero-order valence-electron chi connectivity index (χ0n) is 28.5. The molecule has 9 nitrogen and oxygen atoms in total. The Hall–Kier alpha value is -2.30. The second kappa shape index (κ2) is 17.0. The molecule has 2 unspecified atom stereocenters. The van der Waals surface area contributed by atoms with Crippen LogP contribution in [0.2, 0.25) is 30.7 Å². The van der Waals surface area contributed by atoms with Crippen molar-refractivity contribution in [1.29, 1.82) is 0 Å². The van der Waals surface area contributed by atoms with Gasteiger partial charge in [0.1, 0.15) is 6.61 Å². The Morgan fingerprint density at radius 2 is 1.82 bits per heavy atom. The maximum atomic E-state index is 13.8. The zero-order valence-corrected chi connectivity index (χ0v) is 30.3. The summed E-state index contributed by atoms with van der Waals surface area (Å²) in [4.78, 5) is 42.9. The highest BCUT2D eigenvalue weighted by molar-refractivity contribution is 6.76. The summed E-state index contributed by atoms with van der Waals surface area (Å²) in [5.74, 6) is -0.222. The van der Waals surface area contributed by atoms with Crippen molar-refractivity contribution in [2.24, 2.45) is 11.8 Å². The molecule has 2 fully saturated rings. The Kier molecular flexibility index (Phi) is 14.1. The van der Waals surface area contributed by atoms with Gasteiger partial charge in [0.15, 0.2) is 0 Å². The predicted molar refractivity (Wildman–Crippen MR) is 181 cm³/mol. The number of likely N-dealkylation sites (tertiary alicyclic amines) is 1. The molecule has 45 heavy (non-hydrogen) atoms. The third-order valence-corrected chi connectivity index (χ3v) is 11.4. The number of hydrogen-bond donors (Lipinski definition) is 1. The molecule has 0 spiro atoms. The normalized spacial score (nSPS) is 20.4. The molecule has 4 atom stereocenters. The minimum atomic E-state index is -1.34. The number of likely N-dealkylation sites (N-methyl/N-ethyl adjacent to an activating group) is 1. The summed E-state index contributed by atoms with van der Waals surface area (Å²) in [6.07, 6.45) is 6.80. The lowest BCUT2D eigenvalue weighted by Crippen LogP contribution is -2.58. The van der Waals surface area contributed by atoms with Crippen molar-refractivity contribution in [3.63, 3.8) is 0 Å². The van der Waals surface area contributed by atoms with Crippen molar-refractivity contribution in [3.8, 4) is 0 Å². The Morgan fingerprint density at radius 1 is 1.11 bits per heavy atom. The highest BCUT2D eigenvalue weighted by Gasteiger charge is 2.42. The van der Waals surface area contributed by atoms with Crippen molar-refractivity contribution in [1.82, 2.24) is 15.1 Å². The molecule has 0 bridgehead atoms. The van der Waals surface area contributed by atoms with Gasteiger partial charge < -0.3 is 29.3 Å². The van der Waals surface area contributed by atoms with Gasteiger partial charge in [-0.2, -0.15) is 0 Å². The summed E-state index contributed by atoms with van der Waals surface area (Å²) in [5, 5.41) is 3.84. The molecule has 1 N–H and O–H groups in total. The largest absolute Gasteiger partial charge is 0.464 e. The molecule has 1 aromatic rings. The van der Waals surface area contributed by atoms with Gasteiger partial charge in [0.2, 0.25) is 0 Å². The van der Waals surface area contributed by atoms with E-state index in [2.05, 4.69) is 25.0 Å². The van der Waals surface area contributed by atoms with Crippen molar-refractivity contribution in [2.45, 2.75) is 109 Å². The van der Waals surface area contributed by atoms with Gasteiger partial charge in [-0.15, -0.1) is 0 Å². The number of carbonyl (C=O) groups is 3. The number of ether oxygens (including phenoxy) is 3. The van der Waals surface area contributed by atoms with E-state index in [1.165, 1.54) is 6.42 Å². The topological polar surface area (TPSA) is 97.4 Å². The molecule has 3 rings (SSSR count). The lowest BCUT2D eigenvalue weighted by atomic mass is 9.78. The van der Waals surface area contributed by atoms with Gasteiger partial charge in [0.05, 0.1) is 24.9 Å². The van der Waals surface area contributed by atoms with Crippen LogP contribution in [0.4, 0.5) is 9.59 Å². The second-order valence-corrected chi connectivity index (χ2v) is 20.2. The third-order valence-electron chi connectivity index (χ3n) is 9.49. The number of esters is 1. The van der Waals surface area contributed by atoms with E-state index >= 15 is 0 Å². The Balaban J connectivity index is 1.74. The molecular weight excluding hydrogens is 610 g/mol. The van der Waals surface area contributed by atoms with E-state index in [-0.39, 0.29) is 43.3 Å². The first-order valence-electron chi connectivity index (χ1n) is 16.8. The molecule has 1 saturated carbocycles. The summed E-state index contributed by atoms with van der Waals surface area (Å²) in [6.45, 7) is 14.1. The van der Waals surface area contributed by atoms with Gasteiger partial charge >= 0.3 is 18.1 Å². The average molecular weight is 666 g/mol. The molecule has 11 heteroatoms. The van der Waals surface area contributed by atoms with Crippen molar-refractivity contribution in [3.05, 3.63) is 34.9 Å². The number of nitrogens with zero attached hydrogens (tertiary/aromatic N) is 2. The summed E-state index contributed by atoms with van der Waals surface area (Å²) in [7, 11) is 0.476. The van der Waals surface area contributed by atoms with Gasteiger partial charge in [-0.25, -0.2) is 14.4 Å². The Morgan fingerprint density at radius 3 is 2.47 bits per heavy atom. The molecule has 1 aliphatic heterocycles. The van der Waals surface area contributed by atoms with E-state index < -0.39 is 19.6 Å². The van der Waals surface area contributed by atoms with Crippen LogP contribution in [0.15, 0.2) is 24.3 Å². The molecule has 0 radical (unpaired) electrons. The van der Waals surface area contributed by atoms with Crippen LogP contribution < -0.4 is 5.32 Å². The van der Waals surface area contributed by atoms with Gasteiger partial charge in [0.25, 0.3) is 0 Å². The van der Waals surface area contributed by atoms with Crippen molar-refractivity contribution in [2.75, 3.05) is 40.0 Å². The fourth-order valence-electron chi connectivity index (χ4n) is 6.83. The quantitative estimate of drug-likeness (QED) is 0.175. The molecule has 1 saturated heterocycles. The molecule has 0 aromatic heterocycles. The number of carbonyl (C=O) groups excluding carboxylic acids is 3. The van der Waals surface area contributed by atoms with Crippen LogP contribution in [0.25, 0.3) is 0 Å². The first-order valence-corrected chi connectivity index (χ1v) is 20.8. The summed E-state index contributed by atoms with van der Waals surface area (Å²) >= 11 is 6.37. The monoisotopic (exact) mass is 665 g/mol. The lowest BCUT2D eigenvalue weighted by molar-refractivity contribution is -0.161. The Bertz CT molecular complexity index is 1130. The van der Waals surface area contributed by atoms with Crippen LogP contribution in [0.5, 0.6) is 0 Å². The maximum Gasteiger partial charge on any atom is 0.409 e. The van der Waals surface area contributed by atoms with Crippen LogP contribution in [0, 0.1) is 11.8 Å². The number of halogens is 1. The highest BCUT2D eigenvalue weighted by Crippen LogP contribution is 2.40. The molecule has 1 aromatic carbocycles. The number of piperidine rings is 1. The number of urea groups is 1. The third kappa shape index (κ3) is 10.9. The molecule has 2 aliphatic rings. The SMILES string of the molecule is CCOC(=O)CO[C@@](C)(c1cccc(Cl)c1)[C@@H]1CCCN(C(=O)NC(C)C(C2CCCCC2)N(C)C(=O)OCC[Si](C)(C)C)C1. The number of nitrogens with one attached hydrogen (secondary N) is 1. The van der Waals surface area contributed by atoms with Crippen LogP contribution in [0.1, 0.15) is 71.3 Å². The minimum absolute atomic E-state index is 0.0849. The molecule has 1 heterocycles. The molecular formula is C34H56ClN3O6Si. The first kappa shape index (κ1) is 37.2. The number of hydrogen-bond acceptors (Lipinski definition) is 6. The van der Waals surface area contributed by atoms with Crippen LogP contribution in [-0.4, -0.2) is 88.0 Å². The van der Waals surface area contributed by atoms with Gasteiger partial charge in [-0.3, -0.25) is 0 Å². The number of benzene rings is 1. The number of amides is 3. The zero-order chi connectivity index (χ0) is 33.2. The van der Waals surface area contributed by atoms with Crippen LogP contribution in [-0.2, 0) is 24.6 Å². The summed E-state index contributed by atoms with van der Waals surface area (Å²) < 4.78 is 17.2. The second-order valence-electron chi connectivity index (χ2n) is 14.2. The maximum absolute atomic E-state index is 13.8.